The second-order valence-electron chi connectivity index (χ2n) is 7.95. The number of para-hydroxylation sites is 1. The van der Waals surface area contributed by atoms with Crippen LogP contribution in [-0.2, 0) is 9.59 Å². The van der Waals surface area contributed by atoms with E-state index in [9.17, 15) is 14.4 Å². The van der Waals surface area contributed by atoms with Gasteiger partial charge in [0.2, 0.25) is 11.8 Å². The molecule has 8 heteroatoms. The minimum atomic E-state index is -0.887. The number of hydrogen-bond acceptors (Lipinski definition) is 3. The van der Waals surface area contributed by atoms with Gasteiger partial charge >= 0.3 is 6.03 Å². The molecule has 0 radical (unpaired) electrons. The number of urea groups is 1. The predicted molar refractivity (Wildman–Crippen MR) is 120 cm³/mol. The Hall–Kier alpha value is -3.06. The number of piperazine rings is 1. The van der Waals surface area contributed by atoms with Crippen molar-refractivity contribution in [2.45, 2.75) is 50.2 Å². The smallest absolute Gasteiger partial charge is 0.322 e. The van der Waals surface area contributed by atoms with E-state index in [-0.39, 0.29) is 36.3 Å². The molecule has 0 aromatic heterocycles. The summed E-state index contributed by atoms with van der Waals surface area (Å²) in [5, 5.41) is 9.19. The Morgan fingerprint density at radius 3 is 2.52 bits per heavy atom. The van der Waals surface area contributed by atoms with Crippen molar-refractivity contribution in [1.29, 1.82) is 0 Å². The minimum absolute atomic E-state index is 0.0879. The fourth-order valence-corrected chi connectivity index (χ4v) is 4.59. The van der Waals surface area contributed by atoms with Gasteiger partial charge in [0.1, 0.15) is 6.04 Å². The van der Waals surface area contributed by atoms with E-state index >= 15 is 0 Å². The van der Waals surface area contributed by atoms with Gasteiger partial charge in [-0.05, 0) is 43.2 Å². The predicted octanol–water partition coefficient (Wildman–Crippen LogP) is 4.01. The van der Waals surface area contributed by atoms with Crippen molar-refractivity contribution in [2.75, 3.05) is 10.6 Å². The molecule has 0 spiro atoms. The molecule has 2 aromatic rings. The number of fused-ring (bicyclic) bond motifs is 1. The number of nitrogens with one attached hydrogen (secondary N) is 3. The summed E-state index contributed by atoms with van der Waals surface area (Å²) in [5.74, 6) is -0.651. The number of hydrogen-bond donors (Lipinski definition) is 3. The third-order valence-corrected chi connectivity index (χ3v) is 6.03. The summed E-state index contributed by atoms with van der Waals surface area (Å²) in [6, 6.07) is 14.4. The molecule has 1 saturated heterocycles. The highest BCUT2D eigenvalue weighted by atomic mass is 35.5. The Morgan fingerprint density at radius 1 is 1.00 bits per heavy atom. The van der Waals surface area contributed by atoms with Crippen LogP contribution in [0.3, 0.4) is 0 Å². The number of nitrogens with zero attached hydrogens (tertiary/aromatic N) is 1. The fraction of sp³-hybridized carbons (Fsp3) is 0.348. The second kappa shape index (κ2) is 9.39. The van der Waals surface area contributed by atoms with Gasteiger partial charge < -0.3 is 20.9 Å². The van der Waals surface area contributed by atoms with Crippen LogP contribution in [0.4, 0.5) is 16.2 Å². The van der Waals surface area contributed by atoms with Crippen molar-refractivity contribution in [3.63, 3.8) is 0 Å². The number of benzene rings is 2. The molecule has 2 aliphatic rings. The van der Waals surface area contributed by atoms with E-state index in [0.717, 1.165) is 25.7 Å². The molecule has 2 fully saturated rings. The Kier molecular flexibility index (Phi) is 6.42. The number of halogens is 1. The van der Waals surface area contributed by atoms with Crippen LogP contribution in [0.15, 0.2) is 54.6 Å². The molecule has 4 amide bonds. The zero-order valence-electron chi connectivity index (χ0n) is 17.0. The molecule has 1 aliphatic carbocycles. The molecule has 1 aliphatic heterocycles. The van der Waals surface area contributed by atoms with E-state index in [2.05, 4.69) is 16.0 Å². The van der Waals surface area contributed by atoms with Gasteiger partial charge in [-0.1, -0.05) is 48.7 Å². The minimum Gasteiger partial charge on any atom is -0.349 e. The summed E-state index contributed by atoms with van der Waals surface area (Å²) in [5.41, 5.74) is 1.19. The summed E-state index contributed by atoms with van der Waals surface area (Å²) in [6.07, 6.45) is 3.47. The van der Waals surface area contributed by atoms with Gasteiger partial charge in [-0.2, -0.15) is 0 Å². The first-order valence-electron chi connectivity index (χ1n) is 10.5. The fourth-order valence-electron chi connectivity index (χ4n) is 4.40. The molecule has 4 rings (SSSR count). The Morgan fingerprint density at radius 2 is 1.74 bits per heavy atom. The topological polar surface area (TPSA) is 90.5 Å². The Balaban J connectivity index is 1.54. The maximum atomic E-state index is 13.2. The molecule has 7 nitrogen and oxygen atoms in total. The van der Waals surface area contributed by atoms with E-state index < -0.39 is 6.04 Å². The third-order valence-electron chi connectivity index (χ3n) is 5.80. The number of amides is 4. The molecule has 2 aromatic carbocycles. The zero-order chi connectivity index (χ0) is 21.8. The lowest BCUT2D eigenvalue weighted by molar-refractivity contribution is -0.135. The van der Waals surface area contributed by atoms with Crippen LogP contribution >= 0.6 is 11.6 Å². The normalized spacial score (nSPS) is 22.8. The summed E-state index contributed by atoms with van der Waals surface area (Å²) in [6.45, 7) is 0. The lowest BCUT2D eigenvalue weighted by atomic mass is 9.85. The van der Waals surface area contributed by atoms with Crippen molar-refractivity contribution in [3.05, 3.63) is 59.6 Å². The molecule has 1 saturated carbocycles. The van der Waals surface area contributed by atoms with E-state index in [1.807, 2.05) is 18.2 Å². The molecular weight excluding hydrogens is 416 g/mol. The van der Waals surface area contributed by atoms with E-state index in [1.165, 1.54) is 0 Å². The maximum absolute atomic E-state index is 13.2. The van der Waals surface area contributed by atoms with Crippen LogP contribution in [-0.4, -0.2) is 40.9 Å². The first-order valence-corrected chi connectivity index (χ1v) is 10.9. The molecule has 0 unspecified atom stereocenters. The van der Waals surface area contributed by atoms with E-state index in [1.54, 1.807) is 41.3 Å². The van der Waals surface area contributed by atoms with E-state index in [0.29, 0.717) is 16.4 Å². The number of rotatable bonds is 4. The summed E-state index contributed by atoms with van der Waals surface area (Å²) >= 11 is 5.98. The maximum Gasteiger partial charge on any atom is 0.322 e. The lowest BCUT2D eigenvalue weighted by Gasteiger charge is -2.47. The molecular formula is C23H25ClN4O3. The van der Waals surface area contributed by atoms with Crippen LogP contribution < -0.4 is 16.0 Å². The number of carbonyl (C=O) groups excluding carboxylic acids is 3. The third kappa shape index (κ3) is 4.99. The van der Waals surface area contributed by atoms with Gasteiger partial charge in [-0.25, -0.2) is 4.79 Å². The lowest BCUT2D eigenvalue weighted by Crippen LogP contribution is -2.68. The largest absolute Gasteiger partial charge is 0.349 e. The Bertz CT molecular complexity index is 968. The summed E-state index contributed by atoms with van der Waals surface area (Å²) < 4.78 is 0. The van der Waals surface area contributed by atoms with Crippen LogP contribution in [0.5, 0.6) is 0 Å². The van der Waals surface area contributed by atoms with Crippen LogP contribution in [0, 0.1) is 0 Å². The van der Waals surface area contributed by atoms with Gasteiger partial charge in [0, 0.05) is 22.4 Å². The highest BCUT2D eigenvalue weighted by molar-refractivity contribution is 6.30. The van der Waals surface area contributed by atoms with Crippen LogP contribution in [0.25, 0.3) is 0 Å². The highest BCUT2D eigenvalue weighted by Crippen LogP contribution is 2.30. The molecule has 3 N–H and O–H groups in total. The average molecular weight is 441 g/mol. The van der Waals surface area contributed by atoms with Crippen molar-refractivity contribution in [3.8, 4) is 0 Å². The SMILES string of the molecule is O=C(C[C@@H]1C(=O)N[C@@H]2CCCC[C@H]2N1C(=O)Nc1ccccc1)Nc1cccc(Cl)c1. The first kappa shape index (κ1) is 21.2. The standard InChI is InChI=1S/C23H25ClN4O3/c24-15-7-6-10-17(13-15)25-21(29)14-20-22(30)27-18-11-4-5-12-19(18)28(20)23(31)26-16-8-2-1-3-9-16/h1-3,6-10,13,18-20H,4-5,11-12,14H2,(H,25,29)(H,26,31)(H,27,30)/t18-,19-,20-/m1/s1. The zero-order valence-corrected chi connectivity index (χ0v) is 17.8. The number of carbonyl (C=O) groups is 3. The number of anilines is 2. The highest BCUT2D eigenvalue weighted by Gasteiger charge is 2.46. The molecule has 31 heavy (non-hydrogen) atoms. The van der Waals surface area contributed by atoms with Crippen molar-refractivity contribution < 1.29 is 14.4 Å². The second-order valence-corrected chi connectivity index (χ2v) is 8.39. The van der Waals surface area contributed by atoms with Crippen LogP contribution in [0.2, 0.25) is 5.02 Å². The average Bonchev–Trinajstić information content (AvgIpc) is 2.75. The van der Waals surface area contributed by atoms with Crippen molar-refractivity contribution in [2.24, 2.45) is 0 Å². The van der Waals surface area contributed by atoms with Gasteiger partial charge in [0.05, 0.1) is 12.5 Å². The quantitative estimate of drug-likeness (QED) is 0.670. The summed E-state index contributed by atoms with van der Waals surface area (Å²) in [7, 11) is 0. The Labute approximate surface area is 186 Å². The first-order chi connectivity index (χ1) is 15.0. The van der Waals surface area contributed by atoms with Gasteiger partial charge in [0.15, 0.2) is 0 Å². The van der Waals surface area contributed by atoms with Gasteiger partial charge in [-0.3, -0.25) is 9.59 Å². The monoisotopic (exact) mass is 440 g/mol. The molecule has 162 valence electrons. The molecule has 3 atom stereocenters. The summed E-state index contributed by atoms with van der Waals surface area (Å²) in [4.78, 5) is 40.5. The van der Waals surface area contributed by atoms with Gasteiger partial charge in [-0.15, -0.1) is 0 Å². The van der Waals surface area contributed by atoms with E-state index in [4.69, 9.17) is 11.6 Å². The van der Waals surface area contributed by atoms with Gasteiger partial charge in [0.25, 0.3) is 0 Å². The van der Waals surface area contributed by atoms with Crippen molar-refractivity contribution in [1.82, 2.24) is 10.2 Å². The van der Waals surface area contributed by atoms with Crippen LogP contribution in [0.1, 0.15) is 32.1 Å². The molecule has 0 bridgehead atoms. The van der Waals surface area contributed by atoms with Crippen molar-refractivity contribution >= 4 is 40.8 Å². The molecule has 1 heterocycles.